The Balaban J connectivity index is 1.98. The molecule has 3 N–H and O–H groups in total. The number of nitrogens with two attached hydrogens (primary N) is 1. The second-order valence-corrected chi connectivity index (χ2v) is 5.61. The molecule has 2 atom stereocenters. The molecule has 1 aliphatic heterocycles. The maximum Gasteiger partial charge on any atom is 0.356 e. The van der Waals surface area contributed by atoms with Crippen LogP contribution in [0.2, 0.25) is 0 Å². The van der Waals surface area contributed by atoms with Crippen LogP contribution >= 0.6 is 0 Å². The summed E-state index contributed by atoms with van der Waals surface area (Å²) in [5, 5.41) is 9.59. The van der Waals surface area contributed by atoms with Gasteiger partial charge in [-0.25, -0.2) is 4.79 Å². The third-order valence-corrected chi connectivity index (χ3v) is 3.96. The Kier molecular flexibility index (Phi) is 4.64. The topological polar surface area (TPSA) is 104 Å². The number of carboxylic acid groups (broad SMARTS) is 1. The third-order valence-electron chi connectivity index (χ3n) is 3.96. The zero-order valence-corrected chi connectivity index (χ0v) is 12.9. The number of aromatic nitrogens is 1. The number of nitrogens with zero attached hydrogens (tertiary/aromatic N) is 1. The van der Waals surface area contributed by atoms with Gasteiger partial charge in [0.2, 0.25) is 5.43 Å². The molecule has 0 amide bonds. The van der Waals surface area contributed by atoms with Crippen molar-refractivity contribution >= 4 is 5.97 Å². The minimum Gasteiger partial charge on any atom is -0.482 e. The fourth-order valence-electron chi connectivity index (χ4n) is 2.73. The molecule has 1 unspecified atom stereocenters. The molecule has 1 aromatic heterocycles. The number of hydrogen-bond acceptors (Lipinski definition) is 5. The summed E-state index contributed by atoms with van der Waals surface area (Å²) >= 11 is 0. The predicted molar refractivity (Wildman–Crippen MR) is 86.3 cm³/mol. The molecule has 7 heteroatoms. The van der Waals surface area contributed by atoms with Gasteiger partial charge in [0, 0.05) is 12.3 Å². The van der Waals surface area contributed by atoms with Crippen LogP contribution in [0.15, 0.2) is 47.4 Å². The smallest absolute Gasteiger partial charge is 0.356 e. The first-order chi connectivity index (χ1) is 11.6. The first-order valence-electron chi connectivity index (χ1n) is 7.56. The highest BCUT2D eigenvalue weighted by Gasteiger charge is 2.31. The third kappa shape index (κ3) is 3.17. The van der Waals surface area contributed by atoms with Gasteiger partial charge in [0.15, 0.2) is 11.4 Å². The van der Waals surface area contributed by atoms with Gasteiger partial charge in [-0.1, -0.05) is 30.3 Å². The van der Waals surface area contributed by atoms with Crippen molar-refractivity contribution in [1.29, 1.82) is 0 Å². The van der Waals surface area contributed by atoms with Crippen LogP contribution in [0, 0.1) is 0 Å². The van der Waals surface area contributed by atoms with E-state index in [1.54, 1.807) is 0 Å². The van der Waals surface area contributed by atoms with Crippen molar-refractivity contribution in [2.75, 3.05) is 13.2 Å². The summed E-state index contributed by atoms with van der Waals surface area (Å²) in [5.41, 5.74) is 6.13. The molecule has 0 radical (unpaired) electrons. The quantitative estimate of drug-likeness (QED) is 0.848. The van der Waals surface area contributed by atoms with E-state index in [1.807, 2.05) is 30.3 Å². The molecule has 0 aliphatic carbocycles. The van der Waals surface area contributed by atoms with Crippen molar-refractivity contribution < 1.29 is 19.4 Å². The summed E-state index contributed by atoms with van der Waals surface area (Å²) in [6.07, 6.45) is 1.43. The van der Waals surface area contributed by atoms with E-state index >= 15 is 0 Å². The summed E-state index contributed by atoms with van der Waals surface area (Å²) in [5.74, 6) is -1.43. The Hall–Kier alpha value is -2.64. The van der Waals surface area contributed by atoms with Crippen molar-refractivity contribution in [2.45, 2.75) is 18.7 Å². The van der Waals surface area contributed by atoms with Gasteiger partial charge in [-0.2, -0.15) is 0 Å². The Morgan fingerprint density at radius 2 is 2.04 bits per heavy atom. The molecule has 1 saturated heterocycles. The van der Waals surface area contributed by atoms with E-state index in [4.69, 9.17) is 15.2 Å². The monoisotopic (exact) mass is 330 g/mol. The lowest BCUT2D eigenvalue weighted by Gasteiger charge is -2.21. The number of ether oxygens (including phenoxy) is 2. The molecular formula is C17H18N2O5. The Morgan fingerprint density at radius 1 is 1.29 bits per heavy atom. The number of benzene rings is 1. The highest BCUT2D eigenvalue weighted by molar-refractivity contribution is 5.89. The average molecular weight is 330 g/mol. The van der Waals surface area contributed by atoms with Gasteiger partial charge in [-0.3, -0.25) is 4.79 Å². The largest absolute Gasteiger partial charge is 0.482 e. The summed E-state index contributed by atoms with van der Waals surface area (Å²) in [4.78, 5) is 23.9. The van der Waals surface area contributed by atoms with Gasteiger partial charge in [0.1, 0.15) is 6.61 Å². The Morgan fingerprint density at radius 3 is 2.67 bits per heavy atom. The number of rotatable bonds is 5. The highest BCUT2D eigenvalue weighted by Crippen LogP contribution is 2.24. The molecule has 24 heavy (non-hydrogen) atoms. The fourth-order valence-corrected chi connectivity index (χ4v) is 2.73. The van der Waals surface area contributed by atoms with Crippen LogP contribution in [-0.4, -0.2) is 34.9 Å². The summed E-state index contributed by atoms with van der Waals surface area (Å²) in [6, 6.07) is 9.82. The van der Waals surface area contributed by atoms with Gasteiger partial charge < -0.3 is 24.9 Å². The lowest BCUT2D eigenvalue weighted by molar-refractivity contribution is 0.0673. The normalized spacial score (nSPS) is 20.0. The standard InChI is InChI=1S/C17H18N2O5/c18-12-9-23-10-13(12)19-7-6-14(20)16(15(19)17(21)22)24-8-11-4-2-1-3-5-11/h1-7,12-13H,8-10,18H2,(H,21,22)/t12-,13?/m1/s1. The van der Waals surface area contributed by atoms with Gasteiger partial charge in [-0.05, 0) is 5.56 Å². The first kappa shape index (κ1) is 16.2. The minimum absolute atomic E-state index is 0.105. The van der Waals surface area contributed by atoms with Gasteiger partial charge in [0.25, 0.3) is 0 Å². The van der Waals surface area contributed by atoms with Crippen LogP contribution in [0.3, 0.4) is 0 Å². The van der Waals surface area contributed by atoms with Crippen LogP contribution in [0.5, 0.6) is 5.75 Å². The molecule has 0 saturated carbocycles. The molecule has 126 valence electrons. The van der Waals surface area contributed by atoms with Crippen molar-refractivity contribution in [3.8, 4) is 5.75 Å². The molecule has 7 nitrogen and oxygen atoms in total. The van der Waals surface area contributed by atoms with E-state index in [-0.39, 0.29) is 30.1 Å². The molecule has 1 aromatic carbocycles. The highest BCUT2D eigenvalue weighted by atomic mass is 16.5. The van der Waals surface area contributed by atoms with Crippen LogP contribution in [-0.2, 0) is 11.3 Å². The van der Waals surface area contributed by atoms with Gasteiger partial charge >= 0.3 is 5.97 Å². The van der Waals surface area contributed by atoms with Crippen molar-refractivity contribution in [3.63, 3.8) is 0 Å². The van der Waals surface area contributed by atoms with E-state index in [2.05, 4.69) is 0 Å². The van der Waals surface area contributed by atoms with Crippen molar-refractivity contribution in [1.82, 2.24) is 4.57 Å². The predicted octanol–water partition coefficient (Wildman–Crippen LogP) is 1.02. The Bertz CT molecular complexity index is 787. The van der Waals surface area contributed by atoms with E-state index in [0.717, 1.165) is 5.56 Å². The second-order valence-electron chi connectivity index (χ2n) is 5.61. The van der Waals surface area contributed by atoms with Crippen LogP contribution in [0.4, 0.5) is 0 Å². The number of aromatic carboxylic acids is 1. The maximum atomic E-state index is 12.2. The Labute approximate surface area is 138 Å². The minimum atomic E-state index is -1.24. The summed E-state index contributed by atoms with van der Waals surface area (Å²) < 4.78 is 12.3. The molecule has 3 rings (SSSR count). The van der Waals surface area contributed by atoms with Gasteiger partial charge in [-0.15, -0.1) is 0 Å². The molecule has 2 aromatic rings. The second kappa shape index (κ2) is 6.86. The lowest BCUT2D eigenvalue weighted by Crippen LogP contribution is -2.34. The summed E-state index contributed by atoms with van der Waals surface area (Å²) in [6.45, 7) is 0.742. The molecule has 1 fully saturated rings. The van der Waals surface area contributed by atoms with E-state index in [1.165, 1.54) is 16.8 Å². The molecule has 0 bridgehead atoms. The van der Waals surface area contributed by atoms with Gasteiger partial charge in [0.05, 0.1) is 25.3 Å². The van der Waals surface area contributed by atoms with Crippen LogP contribution in [0.25, 0.3) is 0 Å². The number of hydrogen-bond donors (Lipinski definition) is 2. The molecule has 0 spiro atoms. The fraction of sp³-hybridized carbons (Fsp3) is 0.294. The molecular weight excluding hydrogens is 312 g/mol. The van der Waals surface area contributed by atoms with Crippen LogP contribution in [0.1, 0.15) is 22.1 Å². The van der Waals surface area contributed by atoms with E-state index in [0.29, 0.717) is 13.2 Å². The summed E-state index contributed by atoms with van der Waals surface area (Å²) in [7, 11) is 0. The first-order valence-corrected chi connectivity index (χ1v) is 7.56. The molecule has 2 heterocycles. The zero-order chi connectivity index (χ0) is 17.1. The maximum absolute atomic E-state index is 12.2. The van der Waals surface area contributed by atoms with Crippen molar-refractivity contribution in [2.24, 2.45) is 5.73 Å². The number of pyridine rings is 1. The molecule has 1 aliphatic rings. The average Bonchev–Trinajstić information content (AvgIpc) is 3.00. The lowest BCUT2D eigenvalue weighted by atomic mass is 10.1. The number of carbonyl (C=O) groups is 1. The number of carboxylic acids is 1. The van der Waals surface area contributed by atoms with Crippen molar-refractivity contribution in [3.05, 3.63) is 64.1 Å². The zero-order valence-electron chi connectivity index (χ0n) is 12.9. The van der Waals surface area contributed by atoms with E-state index < -0.39 is 11.4 Å². The van der Waals surface area contributed by atoms with Crippen LogP contribution < -0.4 is 15.9 Å². The van der Waals surface area contributed by atoms with E-state index in [9.17, 15) is 14.7 Å². The SMILES string of the molecule is N[C@@H]1COCC1n1ccc(=O)c(OCc2ccccc2)c1C(=O)O.